The minimum atomic E-state index is 0.703. The highest BCUT2D eigenvalue weighted by molar-refractivity contribution is 5.05. The molecule has 0 spiro atoms. The molecule has 1 saturated carbocycles. The zero-order chi connectivity index (χ0) is 9.10. The van der Waals surface area contributed by atoms with Gasteiger partial charge in [0.05, 0.1) is 0 Å². The lowest BCUT2D eigenvalue weighted by Gasteiger charge is -2.31. The van der Waals surface area contributed by atoms with E-state index in [0.717, 1.165) is 18.4 Å². The van der Waals surface area contributed by atoms with Crippen LogP contribution in [0.25, 0.3) is 0 Å². The fourth-order valence-corrected chi connectivity index (χ4v) is 2.84. The van der Waals surface area contributed by atoms with E-state index in [0.29, 0.717) is 6.04 Å². The van der Waals surface area contributed by atoms with E-state index < -0.39 is 0 Å². The summed E-state index contributed by atoms with van der Waals surface area (Å²) in [5, 5.41) is 3.56. The molecule has 0 radical (unpaired) electrons. The SMILES string of the molecule is CCC1CCCC(C2C=CCN2)C1. The Kier molecular flexibility index (Phi) is 3.05. The van der Waals surface area contributed by atoms with Crippen LogP contribution in [-0.2, 0) is 0 Å². The molecule has 3 unspecified atom stereocenters. The maximum Gasteiger partial charge on any atom is 0.0281 e. The van der Waals surface area contributed by atoms with Crippen molar-refractivity contribution in [1.29, 1.82) is 0 Å². The van der Waals surface area contributed by atoms with Gasteiger partial charge in [-0.15, -0.1) is 0 Å². The summed E-state index contributed by atoms with van der Waals surface area (Å²) in [6.45, 7) is 3.43. The Hall–Kier alpha value is -0.300. The average Bonchev–Trinajstić information content (AvgIpc) is 2.71. The summed E-state index contributed by atoms with van der Waals surface area (Å²) in [4.78, 5) is 0. The van der Waals surface area contributed by atoms with Gasteiger partial charge in [0.2, 0.25) is 0 Å². The molecular weight excluding hydrogens is 158 g/mol. The third kappa shape index (κ3) is 2.14. The largest absolute Gasteiger partial charge is 0.307 e. The lowest BCUT2D eigenvalue weighted by Crippen LogP contribution is -2.33. The molecule has 0 bridgehead atoms. The summed E-state index contributed by atoms with van der Waals surface area (Å²) in [5.74, 6) is 1.94. The second kappa shape index (κ2) is 4.28. The molecule has 1 nitrogen and oxygen atoms in total. The monoisotopic (exact) mass is 179 g/mol. The molecular formula is C12H21N. The van der Waals surface area contributed by atoms with E-state index in [9.17, 15) is 0 Å². The minimum Gasteiger partial charge on any atom is -0.307 e. The van der Waals surface area contributed by atoms with E-state index in [2.05, 4.69) is 24.4 Å². The molecule has 2 aliphatic rings. The highest BCUT2D eigenvalue weighted by Gasteiger charge is 2.26. The van der Waals surface area contributed by atoms with Crippen molar-refractivity contribution >= 4 is 0 Å². The van der Waals surface area contributed by atoms with Crippen molar-refractivity contribution in [3.8, 4) is 0 Å². The Morgan fingerprint density at radius 1 is 1.38 bits per heavy atom. The van der Waals surface area contributed by atoms with Crippen LogP contribution in [0, 0.1) is 11.8 Å². The Bertz CT molecular complexity index is 186. The van der Waals surface area contributed by atoms with Gasteiger partial charge in [0.15, 0.2) is 0 Å². The Balaban J connectivity index is 1.88. The first-order chi connectivity index (χ1) is 6.40. The zero-order valence-electron chi connectivity index (χ0n) is 8.63. The highest BCUT2D eigenvalue weighted by atomic mass is 14.9. The van der Waals surface area contributed by atoms with Gasteiger partial charge in [0, 0.05) is 12.6 Å². The van der Waals surface area contributed by atoms with Crippen LogP contribution in [0.4, 0.5) is 0 Å². The van der Waals surface area contributed by atoms with E-state index in [1.807, 2.05) is 0 Å². The summed E-state index contributed by atoms with van der Waals surface area (Å²) in [6, 6.07) is 0.703. The molecule has 3 atom stereocenters. The van der Waals surface area contributed by atoms with Gasteiger partial charge in [-0.05, 0) is 24.7 Å². The van der Waals surface area contributed by atoms with E-state index in [-0.39, 0.29) is 0 Å². The normalized spacial score (nSPS) is 39.6. The van der Waals surface area contributed by atoms with E-state index in [1.165, 1.54) is 32.1 Å². The van der Waals surface area contributed by atoms with Crippen molar-refractivity contribution in [3.63, 3.8) is 0 Å². The quantitative estimate of drug-likeness (QED) is 0.643. The maximum absolute atomic E-state index is 3.56. The van der Waals surface area contributed by atoms with E-state index in [1.54, 1.807) is 0 Å². The smallest absolute Gasteiger partial charge is 0.0281 e. The molecule has 0 saturated heterocycles. The molecule has 0 aromatic heterocycles. The second-order valence-electron chi connectivity index (χ2n) is 4.56. The van der Waals surface area contributed by atoms with Gasteiger partial charge in [-0.3, -0.25) is 0 Å². The molecule has 13 heavy (non-hydrogen) atoms. The van der Waals surface area contributed by atoms with Gasteiger partial charge in [-0.2, -0.15) is 0 Å². The summed E-state index contributed by atoms with van der Waals surface area (Å²) >= 11 is 0. The molecule has 1 aliphatic heterocycles. The van der Waals surface area contributed by atoms with Gasteiger partial charge in [-0.1, -0.05) is 38.3 Å². The van der Waals surface area contributed by atoms with Crippen molar-refractivity contribution < 1.29 is 0 Å². The van der Waals surface area contributed by atoms with Crippen molar-refractivity contribution in [2.24, 2.45) is 11.8 Å². The lowest BCUT2D eigenvalue weighted by atomic mass is 9.77. The fourth-order valence-electron chi connectivity index (χ4n) is 2.84. The molecule has 0 aromatic rings. The molecule has 1 heterocycles. The number of nitrogens with one attached hydrogen (secondary N) is 1. The predicted octanol–water partition coefficient (Wildman–Crippen LogP) is 2.73. The molecule has 1 aliphatic carbocycles. The molecule has 1 N–H and O–H groups in total. The van der Waals surface area contributed by atoms with Crippen LogP contribution in [0.5, 0.6) is 0 Å². The molecule has 74 valence electrons. The Labute approximate surface area is 81.6 Å². The number of rotatable bonds is 2. The highest BCUT2D eigenvalue weighted by Crippen LogP contribution is 2.33. The first-order valence-electron chi connectivity index (χ1n) is 5.80. The maximum atomic E-state index is 3.56. The van der Waals surface area contributed by atoms with Crippen molar-refractivity contribution in [2.45, 2.75) is 45.1 Å². The van der Waals surface area contributed by atoms with Crippen LogP contribution in [0.1, 0.15) is 39.0 Å². The third-order valence-electron chi connectivity index (χ3n) is 3.72. The van der Waals surface area contributed by atoms with Crippen LogP contribution in [-0.4, -0.2) is 12.6 Å². The fraction of sp³-hybridized carbons (Fsp3) is 0.833. The number of hydrogen-bond acceptors (Lipinski definition) is 1. The molecule has 1 heteroatoms. The summed E-state index contributed by atoms with van der Waals surface area (Å²) in [5.41, 5.74) is 0. The third-order valence-corrected chi connectivity index (χ3v) is 3.72. The van der Waals surface area contributed by atoms with Crippen molar-refractivity contribution in [2.75, 3.05) is 6.54 Å². The van der Waals surface area contributed by atoms with E-state index in [4.69, 9.17) is 0 Å². The predicted molar refractivity (Wildman–Crippen MR) is 56.7 cm³/mol. The summed E-state index contributed by atoms with van der Waals surface area (Å²) in [7, 11) is 0. The van der Waals surface area contributed by atoms with Crippen LogP contribution in [0.3, 0.4) is 0 Å². The van der Waals surface area contributed by atoms with Gasteiger partial charge < -0.3 is 5.32 Å². The first-order valence-corrected chi connectivity index (χ1v) is 5.80. The average molecular weight is 179 g/mol. The molecule has 0 amide bonds. The molecule has 2 rings (SSSR count). The van der Waals surface area contributed by atoms with Gasteiger partial charge in [-0.25, -0.2) is 0 Å². The Morgan fingerprint density at radius 3 is 3.00 bits per heavy atom. The van der Waals surface area contributed by atoms with Crippen LogP contribution < -0.4 is 5.32 Å². The zero-order valence-corrected chi connectivity index (χ0v) is 8.63. The van der Waals surface area contributed by atoms with Crippen LogP contribution in [0.2, 0.25) is 0 Å². The standard InChI is InChI=1S/C12H21N/c1-2-10-5-3-6-11(9-10)12-7-4-8-13-12/h4,7,10-13H,2-3,5-6,8-9H2,1H3. The van der Waals surface area contributed by atoms with Gasteiger partial charge in [0.25, 0.3) is 0 Å². The van der Waals surface area contributed by atoms with E-state index >= 15 is 0 Å². The summed E-state index contributed by atoms with van der Waals surface area (Å²) in [6.07, 6.45) is 11.9. The van der Waals surface area contributed by atoms with Crippen molar-refractivity contribution in [3.05, 3.63) is 12.2 Å². The topological polar surface area (TPSA) is 12.0 Å². The first kappa shape index (κ1) is 9.26. The number of hydrogen-bond donors (Lipinski definition) is 1. The lowest BCUT2D eigenvalue weighted by molar-refractivity contribution is 0.234. The van der Waals surface area contributed by atoms with Gasteiger partial charge in [0.1, 0.15) is 0 Å². The van der Waals surface area contributed by atoms with Crippen LogP contribution >= 0.6 is 0 Å². The second-order valence-corrected chi connectivity index (χ2v) is 4.56. The Morgan fingerprint density at radius 2 is 2.31 bits per heavy atom. The van der Waals surface area contributed by atoms with Crippen LogP contribution in [0.15, 0.2) is 12.2 Å². The molecule has 0 aromatic carbocycles. The molecule has 1 fully saturated rings. The van der Waals surface area contributed by atoms with Crippen molar-refractivity contribution in [1.82, 2.24) is 5.32 Å². The summed E-state index contributed by atoms with van der Waals surface area (Å²) < 4.78 is 0. The minimum absolute atomic E-state index is 0.703. The van der Waals surface area contributed by atoms with Gasteiger partial charge >= 0.3 is 0 Å².